The van der Waals surface area contributed by atoms with Gasteiger partial charge in [-0.2, -0.15) is 0 Å². The van der Waals surface area contributed by atoms with Crippen molar-refractivity contribution in [3.8, 4) is 0 Å². The van der Waals surface area contributed by atoms with E-state index in [-0.39, 0.29) is 17.0 Å². The Morgan fingerprint density at radius 3 is 1.50 bits per heavy atom. The molecule has 1 fully saturated rings. The number of likely N-dealkylation sites (N-methyl/N-ethyl adjacent to an activating group) is 1. The van der Waals surface area contributed by atoms with Crippen LogP contribution in [0.5, 0.6) is 0 Å². The van der Waals surface area contributed by atoms with E-state index in [9.17, 15) is 19.2 Å². The van der Waals surface area contributed by atoms with Crippen molar-refractivity contribution in [1.29, 1.82) is 0 Å². The van der Waals surface area contributed by atoms with Crippen LogP contribution in [0.3, 0.4) is 0 Å². The molecule has 1 aliphatic rings. The van der Waals surface area contributed by atoms with Crippen LogP contribution < -0.4 is 11.3 Å². The third kappa shape index (κ3) is 7.00. The lowest BCUT2D eigenvalue weighted by Crippen LogP contribution is -2.48. The Morgan fingerprint density at radius 1 is 0.609 bits per heavy atom. The smallest absolute Gasteiger partial charge is 0.351 e. The number of nitrogens with zero attached hydrogens (tertiary/aromatic N) is 2. The Bertz CT molecular complexity index is 2120. The zero-order valence-corrected chi connectivity index (χ0v) is 26.7. The SMILES string of the molecule is CC.CC.CN1CCN(C(=O)c2cc3ccc4ccccc4c3oc2=O)CC1.O=C(O)c1cc2ccc3ccccc3c2oc1=O. The van der Waals surface area contributed by atoms with E-state index in [0.29, 0.717) is 29.6 Å². The number of carboxylic acid groups (broad SMARTS) is 1. The van der Waals surface area contributed by atoms with Crippen LogP contribution in [0.2, 0.25) is 0 Å². The standard InChI is InChI=1S/C19H18N2O3.C14H8O4.2C2H6/c1-20-8-10-21(11-9-20)18(22)16-12-14-7-6-13-4-2-3-5-15(13)17(14)24-19(16)23;15-13(16)11-7-9-6-5-8-3-1-2-4-10(8)12(9)18-14(11)17;2*1-2/h2-7,12H,8-11H2,1H3;1-7H,(H,15,16);2*1-2H3. The summed E-state index contributed by atoms with van der Waals surface area (Å²) in [7, 11) is 2.03. The van der Waals surface area contributed by atoms with Gasteiger partial charge in [-0.05, 0) is 30.0 Å². The van der Waals surface area contributed by atoms with Gasteiger partial charge in [0.05, 0.1) is 0 Å². The molecule has 2 aromatic heterocycles. The fourth-order valence-electron chi connectivity index (χ4n) is 5.18. The number of rotatable bonds is 2. The largest absolute Gasteiger partial charge is 0.477 e. The molecule has 1 N–H and O–H groups in total. The topological polar surface area (TPSA) is 121 Å². The maximum Gasteiger partial charge on any atom is 0.351 e. The molecular formula is C37H38N2O7. The number of aromatic carboxylic acids is 1. The quantitative estimate of drug-likeness (QED) is 0.161. The van der Waals surface area contributed by atoms with Crippen LogP contribution in [-0.4, -0.2) is 60.0 Å². The number of carboxylic acids is 1. The molecule has 1 aliphatic heterocycles. The Hall–Kier alpha value is -5.28. The molecule has 46 heavy (non-hydrogen) atoms. The summed E-state index contributed by atoms with van der Waals surface area (Å²) < 4.78 is 10.7. The summed E-state index contributed by atoms with van der Waals surface area (Å²) in [6.45, 7) is 10.9. The normalized spacial score (nSPS) is 12.8. The molecule has 4 aromatic carbocycles. The van der Waals surface area contributed by atoms with E-state index in [0.717, 1.165) is 40.0 Å². The van der Waals surface area contributed by atoms with E-state index in [4.69, 9.17) is 13.9 Å². The van der Waals surface area contributed by atoms with Gasteiger partial charge in [0.1, 0.15) is 22.3 Å². The second-order valence-corrected chi connectivity index (χ2v) is 10.2. The molecule has 0 radical (unpaired) electrons. The van der Waals surface area contributed by atoms with Crippen LogP contribution in [0.4, 0.5) is 0 Å². The number of hydrogen-bond donors (Lipinski definition) is 1. The molecule has 0 spiro atoms. The zero-order chi connectivity index (χ0) is 33.4. The van der Waals surface area contributed by atoms with Crippen LogP contribution >= 0.6 is 0 Å². The van der Waals surface area contributed by atoms with Gasteiger partial charge in [0.15, 0.2) is 0 Å². The lowest BCUT2D eigenvalue weighted by atomic mass is 10.1. The Kier molecular flexibility index (Phi) is 11.1. The van der Waals surface area contributed by atoms with E-state index in [1.54, 1.807) is 17.0 Å². The number of fused-ring (bicyclic) bond motifs is 6. The summed E-state index contributed by atoms with van der Waals surface area (Å²) >= 11 is 0. The minimum atomic E-state index is -1.28. The summed E-state index contributed by atoms with van der Waals surface area (Å²) in [6, 6.07) is 25.7. The molecule has 9 nitrogen and oxygen atoms in total. The number of hydrogen-bond acceptors (Lipinski definition) is 7. The van der Waals surface area contributed by atoms with Gasteiger partial charge >= 0.3 is 17.2 Å². The Labute approximate surface area is 266 Å². The highest BCUT2D eigenvalue weighted by molar-refractivity contribution is 6.06. The molecule has 0 saturated carbocycles. The first-order chi connectivity index (χ1) is 22.3. The molecule has 0 atom stereocenters. The highest BCUT2D eigenvalue weighted by Crippen LogP contribution is 2.26. The minimum absolute atomic E-state index is 0.113. The van der Waals surface area contributed by atoms with E-state index in [1.807, 2.05) is 101 Å². The van der Waals surface area contributed by atoms with Gasteiger partial charge in [0.25, 0.3) is 5.91 Å². The van der Waals surface area contributed by atoms with E-state index in [2.05, 4.69) is 4.90 Å². The average Bonchev–Trinajstić information content (AvgIpc) is 3.09. The average molecular weight is 623 g/mol. The lowest BCUT2D eigenvalue weighted by Gasteiger charge is -2.32. The second-order valence-electron chi connectivity index (χ2n) is 10.2. The molecule has 0 bridgehead atoms. The van der Waals surface area contributed by atoms with E-state index >= 15 is 0 Å². The van der Waals surface area contributed by atoms with Crippen molar-refractivity contribution >= 4 is 55.4 Å². The van der Waals surface area contributed by atoms with Gasteiger partial charge < -0.3 is 23.7 Å². The third-order valence-corrected chi connectivity index (χ3v) is 7.50. The van der Waals surface area contributed by atoms with Gasteiger partial charge in [0.2, 0.25) is 0 Å². The van der Waals surface area contributed by atoms with Crippen LogP contribution in [0.1, 0.15) is 48.4 Å². The first-order valence-corrected chi connectivity index (χ1v) is 15.4. The molecule has 1 saturated heterocycles. The van der Waals surface area contributed by atoms with Crippen LogP contribution in [-0.2, 0) is 0 Å². The highest BCUT2D eigenvalue weighted by Gasteiger charge is 2.24. The number of piperazine rings is 1. The van der Waals surface area contributed by atoms with Gasteiger partial charge in [-0.25, -0.2) is 14.4 Å². The van der Waals surface area contributed by atoms with Gasteiger partial charge in [-0.15, -0.1) is 0 Å². The van der Waals surface area contributed by atoms with Crippen LogP contribution in [0, 0.1) is 0 Å². The van der Waals surface area contributed by atoms with E-state index < -0.39 is 17.2 Å². The second kappa shape index (κ2) is 15.1. The molecule has 6 aromatic rings. The predicted molar refractivity (Wildman–Crippen MR) is 183 cm³/mol. The zero-order valence-electron chi connectivity index (χ0n) is 26.7. The fourth-order valence-corrected chi connectivity index (χ4v) is 5.18. The van der Waals surface area contributed by atoms with Gasteiger partial charge in [0, 0.05) is 47.7 Å². The van der Waals surface area contributed by atoms with E-state index in [1.165, 1.54) is 6.07 Å². The molecule has 238 valence electrons. The summed E-state index contributed by atoms with van der Waals surface area (Å²) in [4.78, 5) is 51.4. The number of amides is 1. The number of carbonyl (C=O) groups excluding carboxylic acids is 1. The van der Waals surface area contributed by atoms with Crippen molar-refractivity contribution in [3.63, 3.8) is 0 Å². The molecule has 0 unspecified atom stereocenters. The monoisotopic (exact) mass is 622 g/mol. The van der Waals surface area contributed by atoms with Crippen molar-refractivity contribution in [2.75, 3.05) is 33.2 Å². The summed E-state index contributed by atoms with van der Waals surface area (Å²) in [5.74, 6) is -1.52. The third-order valence-electron chi connectivity index (χ3n) is 7.50. The number of benzene rings is 4. The van der Waals surface area contributed by atoms with Crippen molar-refractivity contribution in [3.05, 3.63) is 117 Å². The Balaban J connectivity index is 0.000000195. The summed E-state index contributed by atoms with van der Waals surface area (Å²) in [5, 5.41) is 13.9. The molecule has 9 heteroatoms. The van der Waals surface area contributed by atoms with Gasteiger partial charge in [-0.1, -0.05) is 100 Å². The minimum Gasteiger partial charge on any atom is -0.477 e. The van der Waals surface area contributed by atoms with Crippen LogP contribution in [0.25, 0.3) is 43.5 Å². The van der Waals surface area contributed by atoms with Crippen molar-refractivity contribution < 1.29 is 23.5 Å². The fraction of sp³-hybridized carbons (Fsp3) is 0.243. The summed E-state index contributed by atoms with van der Waals surface area (Å²) in [5.41, 5.74) is -0.676. The van der Waals surface area contributed by atoms with Crippen molar-refractivity contribution in [2.45, 2.75) is 27.7 Å². The number of carbonyl (C=O) groups is 2. The van der Waals surface area contributed by atoms with Crippen molar-refractivity contribution in [2.24, 2.45) is 0 Å². The molecule has 0 aliphatic carbocycles. The molecule has 3 heterocycles. The summed E-state index contributed by atoms with van der Waals surface area (Å²) in [6.07, 6.45) is 0. The highest BCUT2D eigenvalue weighted by atomic mass is 16.4. The van der Waals surface area contributed by atoms with Gasteiger partial charge in [-0.3, -0.25) is 4.79 Å². The van der Waals surface area contributed by atoms with Crippen molar-refractivity contribution in [1.82, 2.24) is 9.80 Å². The first kappa shape index (κ1) is 33.6. The maximum absolute atomic E-state index is 12.7. The molecule has 7 rings (SSSR count). The van der Waals surface area contributed by atoms with Crippen LogP contribution in [0.15, 0.2) is 103 Å². The first-order valence-electron chi connectivity index (χ1n) is 15.4. The Morgan fingerprint density at radius 2 is 1.02 bits per heavy atom. The predicted octanol–water partition coefficient (Wildman–Crippen LogP) is 7.03. The maximum atomic E-state index is 12.7. The molecule has 1 amide bonds. The lowest BCUT2D eigenvalue weighted by molar-refractivity contribution is 0.0658. The molecular weight excluding hydrogens is 584 g/mol.